The number of para-hydroxylation sites is 1. The number of rotatable bonds is 7. The Balaban J connectivity index is 1.31. The Bertz CT molecular complexity index is 3330. The second-order valence-electron chi connectivity index (χ2n) is 19.3. The van der Waals surface area contributed by atoms with Crippen molar-refractivity contribution in [2.24, 2.45) is 0 Å². The number of phenolic OH excluding ortho intramolecular Hbond substituents is 1. The van der Waals surface area contributed by atoms with Crippen LogP contribution in [0, 0.1) is 27.6 Å². The van der Waals surface area contributed by atoms with Crippen LogP contribution in [0.1, 0.15) is 79.0 Å². The van der Waals surface area contributed by atoms with Gasteiger partial charge in [0.1, 0.15) is 11.6 Å². The summed E-state index contributed by atoms with van der Waals surface area (Å²) in [5, 5.41) is 11.9. The molecule has 0 atom stereocenters. The second kappa shape index (κ2) is 16.3. The zero-order valence-electron chi connectivity index (χ0n) is 41.3. The van der Waals surface area contributed by atoms with Gasteiger partial charge in [-0.25, -0.2) is 4.98 Å². The minimum absolute atomic E-state index is 0.0962. The third-order valence-electron chi connectivity index (χ3n) is 12.4. The maximum Gasteiger partial charge on any atom is 0.149 e. The van der Waals surface area contributed by atoms with Crippen LogP contribution in [0.15, 0.2) is 158 Å². The standard InChI is InChI=1S/C60H57N3O/c1-37-22-24-41(25-23-37)43-28-29-61-52(36-43)46-33-45(34-47(35-46)59(5,6)7)49-19-15-21-54-56(49)62-58(50-31-38(2)30-40(4)57(50)64)63(54)53-27-26-44(32-39(53)3)55-48(42-16-12-11-13-17-42)18-14-20-51(55)60(8,9)10/h11-36,64H,1-10H3/i3D3. The number of pyridine rings is 1. The average Bonchev–Trinajstić information content (AvgIpc) is 3.69. The van der Waals surface area contributed by atoms with Crippen molar-refractivity contribution in [1.82, 2.24) is 14.5 Å². The zero-order chi connectivity index (χ0) is 47.6. The van der Waals surface area contributed by atoms with Gasteiger partial charge in [0, 0.05) is 21.4 Å². The first-order valence-corrected chi connectivity index (χ1v) is 22.1. The minimum atomic E-state index is -2.53. The van der Waals surface area contributed by atoms with E-state index in [4.69, 9.17) is 14.1 Å². The molecule has 2 aromatic heterocycles. The van der Waals surface area contributed by atoms with Gasteiger partial charge in [0.2, 0.25) is 0 Å². The summed E-state index contributed by atoms with van der Waals surface area (Å²) in [6.45, 7) is 16.7. The number of imidazole rings is 1. The van der Waals surface area contributed by atoms with E-state index in [0.717, 1.165) is 72.5 Å². The third-order valence-corrected chi connectivity index (χ3v) is 12.4. The average molecular weight is 839 g/mol. The van der Waals surface area contributed by atoms with Crippen LogP contribution >= 0.6 is 0 Å². The van der Waals surface area contributed by atoms with Crippen LogP contribution in [0.5, 0.6) is 5.75 Å². The first-order valence-electron chi connectivity index (χ1n) is 23.6. The Morgan fingerprint density at radius 2 is 1.25 bits per heavy atom. The predicted molar refractivity (Wildman–Crippen MR) is 269 cm³/mol. The van der Waals surface area contributed by atoms with Crippen molar-refractivity contribution in [3.8, 4) is 78.6 Å². The molecule has 0 aliphatic carbocycles. The molecule has 0 bridgehead atoms. The molecule has 7 aromatic carbocycles. The lowest BCUT2D eigenvalue weighted by atomic mass is 9.78. The highest BCUT2D eigenvalue weighted by Crippen LogP contribution is 2.44. The molecule has 0 amide bonds. The molecule has 9 aromatic rings. The van der Waals surface area contributed by atoms with E-state index in [1.807, 2.05) is 91.3 Å². The number of aryl methyl sites for hydroxylation is 4. The summed E-state index contributed by atoms with van der Waals surface area (Å²) in [4.78, 5) is 10.3. The van der Waals surface area contributed by atoms with E-state index in [-0.39, 0.29) is 22.1 Å². The molecule has 2 heterocycles. The predicted octanol–water partition coefficient (Wildman–Crippen LogP) is 16.0. The maximum atomic E-state index is 11.9. The Morgan fingerprint density at radius 1 is 0.531 bits per heavy atom. The van der Waals surface area contributed by atoms with Crippen molar-refractivity contribution in [3.63, 3.8) is 0 Å². The normalized spacial score (nSPS) is 12.9. The summed E-state index contributed by atoms with van der Waals surface area (Å²) in [6.07, 6.45) is 1.87. The number of aromatic nitrogens is 3. The number of fused-ring (bicyclic) bond motifs is 1. The fourth-order valence-corrected chi connectivity index (χ4v) is 9.00. The molecule has 0 aliphatic heterocycles. The lowest BCUT2D eigenvalue weighted by molar-refractivity contribution is 0.472. The summed E-state index contributed by atoms with van der Waals surface area (Å²) in [5.74, 6) is 0.545. The topological polar surface area (TPSA) is 50.9 Å². The molecule has 0 spiro atoms. The van der Waals surface area contributed by atoms with Crippen molar-refractivity contribution >= 4 is 11.0 Å². The van der Waals surface area contributed by atoms with Crippen LogP contribution in [-0.2, 0) is 10.8 Å². The molecule has 0 radical (unpaired) electrons. The highest BCUT2D eigenvalue weighted by Gasteiger charge is 2.26. The Morgan fingerprint density at radius 3 is 1.98 bits per heavy atom. The van der Waals surface area contributed by atoms with Crippen molar-refractivity contribution in [2.75, 3.05) is 0 Å². The van der Waals surface area contributed by atoms with Crippen LogP contribution in [0.2, 0.25) is 0 Å². The molecule has 0 saturated carbocycles. The van der Waals surface area contributed by atoms with Crippen LogP contribution in [0.3, 0.4) is 0 Å². The van der Waals surface area contributed by atoms with E-state index in [9.17, 15) is 5.11 Å². The van der Waals surface area contributed by atoms with Gasteiger partial charge in [-0.2, -0.15) is 0 Å². The van der Waals surface area contributed by atoms with Crippen LogP contribution in [0.25, 0.3) is 83.9 Å². The molecule has 9 rings (SSSR count). The lowest BCUT2D eigenvalue weighted by Crippen LogP contribution is -2.13. The maximum absolute atomic E-state index is 11.9. The number of nitrogens with zero attached hydrogens (tertiary/aromatic N) is 3. The lowest BCUT2D eigenvalue weighted by Gasteiger charge is -2.26. The first-order chi connectivity index (χ1) is 31.8. The molecular formula is C60H57N3O. The van der Waals surface area contributed by atoms with Gasteiger partial charge in [0.15, 0.2) is 0 Å². The molecule has 1 N–H and O–H groups in total. The van der Waals surface area contributed by atoms with Gasteiger partial charge in [0.05, 0.1) is 28.0 Å². The van der Waals surface area contributed by atoms with Crippen molar-refractivity contribution in [3.05, 3.63) is 191 Å². The van der Waals surface area contributed by atoms with Crippen molar-refractivity contribution < 1.29 is 9.22 Å². The van der Waals surface area contributed by atoms with Gasteiger partial charge in [-0.05, 0) is 154 Å². The number of phenols is 1. The van der Waals surface area contributed by atoms with E-state index in [2.05, 4.69) is 133 Å². The molecule has 0 fully saturated rings. The summed E-state index contributed by atoms with van der Waals surface area (Å²) in [6, 6.07) is 51.8. The fourth-order valence-electron chi connectivity index (χ4n) is 9.00. The molecule has 64 heavy (non-hydrogen) atoms. The van der Waals surface area contributed by atoms with Crippen LogP contribution < -0.4 is 0 Å². The van der Waals surface area contributed by atoms with Gasteiger partial charge in [0.25, 0.3) is 0 Å². The third kappa shape index (κ3) is 7.94. The molecule has 0 aliphatic rings. The second-order valence-corrected chi connectivity index (χ2v) is 19.3. The summed E-state index contributed by atoms with van der Waals surface area (Å²) < 4.78 is 29.4. The van der Waals surface area contributed by atoms with Gasteiger partial charge in [-0.3, -0.25) is 9.55 Å². The molecule has 318 valence electrons. The quantitative estimate of drug-likeness (QED) is 0.174. The highest BCUT2D eigenvalue weighted by molar-refractivity contribution is 5.97. The van der Waals surface area contributed by atoms with E-state index < -0.39 is 6.85 Å². The van der Waals surface area contributed by atoms with Crippen molar-refractivity contribution in [1.29, 1.82) is 0 Å². The molecule has 4 nitrogen and oxygen atoms in total. The SMILES string of the molecule is [2H]C([2H])([2H])c1cc(-c2c(-c3ccccc3)cccc2C(C)(C)C)ccc1-n1c(-c2cc(C)cc(C)c2O)nc2c(-c3cc(-c4cc(-c5ccc(C)cc5)ccn4)cc(C(C)(C)C)c3)cccc21. The summed E-state index contributed by atoms with van der Waals surface area (Å²) in [7, 11) is 0. The molecular weight excluding hydrogens is 779 g/mol. The number of hydrogen-bond acceptors (Lipinski definition) is 3. The fraction of sp³-hybridized carbons (Fsp3) is 0.200. The van der Waals surface area contributed by atoms with E-state index in [1.165, 1.54) is 5.56 Å². The molecule has 4 heteroatoms. The van der Waals surface area contributed by atoms with Crippen LogP contribution in [-0.4, -0.2) is 19.6 Å². The van der Waals surface area contributed by atoms with Crippen molar-refractivity contribution in [2.45, 2.75) is 80.0 Å². The Kier molecular flexibility index (Phi) is 9.81. The largest absolute Gasteiger partial charge is 0.507 e. The van der Waals surface area contributed by atoms with Gasteiger partial charge < -0.3 is 5.11 Å². The highest BCUT2D eigenvalue weighted by atomic mass is 16.3. The Labute approximate surface area is 383 Å². The number of hydrogen-bond donors (Lipinski definition) is 1. The minimum Gasteiger partial charge on any atom is -0.507 e. The van der Waals surface area contributed by atoms with E-state index in [0.29, 0.717) is 33.7 Å². The monoisotopic (exact) mass is 838 g/mol. The number of benzene rings is 7. The van der Waals surface area contributed by atoms with E-state index in [1.54, 1.807) is 0 Å². The smallest absolute Gasteiger partial charge is 0.149 e. The van der Waals surface area contributed by atoms with Gasteiger partial charge in [-0.1, -0.05) is 150 Å². The van der Waals surface area contributed by atoms with E-state index >= 15 is 0 Å². The van der Waals surface area contributed by atoms with Gasteiger partial charge >= 0.3 is 0 Å². The van der Waals surface area contributed by atoms with Gasteiger partial charge in [-0.15, -0.1) is 0 Å². The molecule has 0 saturated heterocycles. The summed E-state index contributed by atoms with van der Waals surface area (Å²) >= 11 is 0. The summed E-state index contributed by atoms with van der Waals surface area (Å²) in [5.41, 5.74) is 17.0. The Hall–Kier alpha value is -7.04. The zero-order valence-corrected chi connectivity index (χ0v) is 38.3. The number of aromatic hydroxyl groups is 1. The molecule has 0 unspecified atom stereocenters. The van der Waals surface area contributed by atoms with Crippen LogP contribution in [0.4, 0.5) is 0 Å². The first kappa shape index (κ1) is 38.6.